The standard InChI is InChI=1S/C33H36ClN3O4S/c1-4-24(2)35-33(39)31(20-25-12-6-5-7-13-25)37(22-28-16-10-11-17-30(28)34)32(38)23-36(3)42(40,41)29-19-18-26-14-8-9-15-27(26)21-29/h5-19,21,24,31H,4,20,22-23H2,1-3H3,(H,35,39)/t24-,31-/m1/s1. The van der Waals surface area contributed by atoms with Gasteiger partial charge in [-0.15, -0.1) is 0 Å². The Bertz CT molecular complexity index is 1650. The van der Waals surface area contributed by atoms with Crippen molar-refractivity contribution in [1.82, 2.24) is 14.5 Å². The van der Waals surface area contributed by atoms with Crippen LogP contribution in [0.2, 0.25) is 5.02 Å². The molecular weight excluding hydrogens is 570 g/mol. The fourth-order valence-corrected chi connectivity index (χ4v) is 6.03. The summed E-state index contributed by atoms with van der Waals surface area (Å²) in [6.45, 7) is 3.45. The molecule has 0 fully saturated rings. The lowest BCUT2D eigenvalue weighted by Gasteiger charge is -2.33. The number of nitrogens with one attached hydrogen (secondary N) is 1. The lowest BCUT2D eigenvalue weighted by molar-refractivity contribution is -0.141. The minimum atomic E-state index is -4.01. The second kappa shape index (κ2) is 14.0. The molecule has 4 aromatic rings. The number of rotatable bonds is 12. The van der Waals surface area contributed by atoms with Crippen LogP contribution in [-0.4, -0.2) is 55.1 Å². The number of carbonyl (C=O) groups is 2. The number of amides is 2. The van der Waals surface area contributed by atoms with Crippen LogP contribution < -0.4 is 5.32 Å². The number of hydrogen-bond donors (Lipinski definition) is 1. The van der Waals surface area contributed by atoms with Crippen LogP contribution >= 0.6 is 11.6 Å². The summed E-state index contributed by atoms with van der Waals surface area (Å²) >= 11 is 6.49. The van der Waals surface area contributed by atoms with E-state index in [0.717, 1.165) is 27.1 Å². The molecule has 4 rings (SSSR count). The van der Waals surface area contributed by atoms with Gasteiger partial charge >= 0.3 is 0 Å². The molecule has 220 valence electrons. The molecule has 4 aromatic carbocycles. The summed E-state index contributed by atoms with van der Waals surface area (Å²) in [7, 11) is -2.63. The van der Waals surface area contributed by atoms with E-state index in [4.69, 9.17) is 11.6 Å². The van der Waals surface area contributed by atoms with E-state index in [1.165, 1.54) is 18.0 Å². The Balaban J connectivity index is 1.68. The number of nitrogens with zero attached hydrogens (tertiary/aromatic N) is 2. The molecule has 1 N–H and O–H groups in total. The van der Waals surface area contributed by atoms with Crippen molar-refractivity contribution in [3.05, 3.63) is 113 Å². The maximum Gasteiger partial charge on any atom is 0.243 e. The van der Waals surface area contributed by atoms with E-state index in [9.17, 15) is 18.0 Å². The van der Waals surface area contributed by atoms with Gasteiger partial charge in [-0.3, -0.25) is 9.59 Å². The lowest BCUT2D eigenvalue weighted by Crippen LogP contribution is -2.54. The van der Waals surface area contributed by atoms with E-state index in [0.29, 0.717) is 10.6 Å². The Kier molecular flexibility index (Phi) is 10.4. The van der Waals surface area contributed by atoms with Crippen LogP contribution in [0.5, 0.6) is 0 Å². The minimum absolute atomic E-state index is 0.0355. The van der Waals surface area contributed by atoms with Crippen LogP contribution in [0.1, 0.15) is 31.4 Å². The summed E-state index contributed by atoms with van der Waals surface area (Å²) < 4.78 is 28.2. The van der Waals surface area contributed by atoms with Crippen LogP contribution in [0, 0.1) is 0 Å². The molecular formula is C33H36ClN3O4S. The first-order chi connectivity index (χ1) is 20.1. The highest BCUT2D eigenvalue weighted by atomic mass is 35.5. The molecule has 0 radical (unpaired) electrons. The van der Waals surface area contributed by atoms with E-state index in [1.807, 2.05) is 74.5 Å². The van der Waals surface area contributed by atoms with Crippen LogP contribution in [0.3, 0.4) is 0 Å². The molecule has 0 aliphatic carbocycles. The van der Waals surface area contributed by atoms with Gasteiger partial charge in [0.05, 0.1) is 11.4 Å². The van der Waals surface area contributed by atoms with Gasteiger partial charge in [0.15, 0.2) is 0 Å². The van der Waals surface area contributed by atoms with Crippen molar-refractivity contribution >= 4 is 44.2 Å². The number of benzene rings is 4. The quantitative estimate of drug-likeness (QED) is 0.225. The highest BCUT2D eigenvalue weighted by Gasteiger charge is 2.33. The van der Waals surface area contributed by atoms with Gasteiger partial charge in [0.2, 0.25) is 21.8 Å². The second-order valence-corrected chi connectivity index (χ2v) is 12.9. The van der Waals surface area contributed by atoms with Crippen molar-refractivity contribution < 1.29 is 18.0 Å². The van der Waals surface area contributed by atoms with Crippen molar-refractivity contribution in [2.24, 2.45) is 0 Å². The average Bonchev–Trinajstić information content (AvgIpc) is 2.99. The molecule has 0 spiro atoms. The van der Waals surface area contributed by atoms with Gasteiger partial charge in [-0.25, -0.2) is 8.42 Å². The third kappa shape index (κ3) is 7.56. The summed E-state index contributed by atoms with van der Waals surface area (Å²) in [5.74, 6) is -0.823. The van der Waals surface area contributed by atoms with E-state index in [1.54, 1.807) is 30.3 Å². The number of hydrogen-bond acceptors (Lipinski definition) is 4. The van der Waals surface area contributed by atoms with E-state index < -0.39 is 28.5 Å². The van der Waals surface area contributed by atoms with E-state index >= 15 is 0 Å². The molecule has 0 aliphatic heterocycles. The SMILES string of the molecule is CC[C@@H](C)NC(=O)[C@@H](Cc1ccccc1)N(Cc1ccccc1Cl)C(=O)CN(C)S(=O)(=O)c1ccc2ccccc2c1. The predicted molar refractivity (Wildman–Crippen MR) is 168 cm³/mol. The molecule has 0 heterocycles. The molecule has 0 saturated carbocycles. The zero-order valence-corrected chi connectivity index (χ0v) is 25.6. The molecule has 0 aliphatic rings. The summed E-state index contributed by atoms with van der Waals surface area (Å²) in [4.78, 5) is 29.3. The van der Waals surface area contributed by atoms with Gasteiger partial charge in [0.1, 0.15) is 6.04 Å². The highest BCUT2D eigenvalue weighted by molar-refractivity contribution is 7.89. The highest BCUT2D eigenvalue weighted by Crippen LogP contribution is 2.24. The largest absolute Gasteiger partial charge is 0.352 e. The van der Waals surface area contributed by atoms with E-state index in [-0.39, 0.29) is 29.8 Å². The Morgan fingerprint density at radius 3 is 2.21 bits per heavy atom. The average molecular weight is 606 g/mol. The molecule has 0 aromatic heterocycles. The molecule has 0 unspecified atom stereocenters. The van der Waals surface area contributed by atoms with Crippen LogP contribution in [0.25, 0.3) is 10.8 Å². The Hall–Kier alpha value is -3.72. The minimum Gasteiger partial charge on any atom is -0.352 e. The van der Waals surface area contributed by atoms with Crippen LogP contribution in [0.4, 0.5) is 0 Å². The number of halogens is 1. The van der Waals surface area contributed by atoms with Crippen molar-refractivity contribution in [1.29, 1.82) is 0 Å². The Morgan fingerprint density at radius 1 is 0.881 bits per heavy atom. The van der Waals surface area contributed by atoms with Crippen molar-refractivity contribution in [3.63, 3.8) is 0 Å². The fourth-order valence-electron chi connectivity index (χ4n) is 4.68. The monoisotopic (exact) mass is 605 g/mol. The van der Waals surface area contributed by atoms with E-state index in [2.05, 4.69) is 5.32 Å². The van der Waals surface area contributed by atoms with Crippen molar-refractivity contribution in [3.8, 4) is 0 Å². The molecule has 9 heteroatoms. The van der Waals surface area contributed by atoms with Gasteiger partial charge in [0.25, 0.3) is 0 Å². The predicted octanol–water partition coefficient (Wildman–Crippen LogP) is 5.67. The van der Waals surface area contributed by atoms with Crippen LogP contribution in [-0.2, 0) is 32.6 Å². The Labute approximate surface area is 253 Å². The first-order valence-electron chi connectivity index (χ1n) is 13.9. The van der Waals surface area contributed by atoms with Crippen LogP contribution in [0.15, 0.2) is 102 Å². The summed E-state index contributed by atoms with van der Waals surface area (Å²) in [6, 6.07) is 27.9. The fraction of sp³-hybridized carbons (Fsp3) is 0.273. The molecule has 2 atom stereocenters. The number of likely N-dealkylation sites (N-methyl/N-ethyl adjacent to an activating group) is 1. The number of sulfonamides is 1. The maximum atomic E-state index is 14.0. The number of carbonyl (C=O) groups excluding carboxylic acids is 2. The van der Waals surface area contributed by atoms with Gasteiger partial charge in [-0.2, -0.15) is 4.31 Å². The topological polar surface area (TPSA) is 86.8 Å². The molecule has 0 saturated heterocycles. The summed E-state index contributed by atoms with van der Waals surface area (Å²) in [5.41, 5.74) is 1.53. The second-order valence-electron chi connectivity index (χ2n) is 10.4. The zero-order valence-electron chi connectivity index (χ0n) is 24.0. The molecule has 2 amide bonds. The number of fused-ring (bicyclic) bond motifs is 1. The molecule has 7 nitrogen and oxygen atoms in total. The molecule has 0 bridgehead atoms. The third-order valence-corrected chi connectivity index (χ3v) is 9.53. The van der Waals surface area contributed by atoms with Crippen molar-refractivity contribution in [2.45, 2.75) is 50.2 Å². The first-order valence-corrected chi connectivity index (χ1v) is 15.7. The first kappa shape index (κ1) is 31.2. The van der Waals surface area contributed by atoms with Gasteiger partial charge in [-0.1, -0.05) is 97.4 Å². The zero-order chi connectivity index (χ0) is 30.3. The summed E-state index contributed by atoms with van der Waals surface area (Å²) in [6.07, 6.45) is 0.968. The van der Waals surface area contributed by atoms with Crippen molar-refractivity contribution in [2.75, 3.05) is 13.6 Å². The van der Waals surface area contributed by atoms with Gasteiger partial charge in [0, 0.05) is 31.1 Å². The molecule has 42 heavy (non-hydrogen) atoms. The maximum absolute atomic E-state index is 14.0. The lowest BCUT2D eigenvalue weighted by atomic mass is 10.0. The van der Waals surface area contributed by atoms with Gasteiger partial charge < -0.3 is 10.2 Å². The van der Waals surface area contributed by atoms with Gasteiger partial charge in [-0.05, 0) is 53.4 Å². The smallest absolute Gasteiger partial charge is 0.243 e. The Morgan fingerprint density at radius 2 is 1.52 bits per heavy atom. The normalized spacial score (nSPS) is 13.1. The third-order valence-electron chi connectivity index (χ3n) is 7.36. The summed E-state index contributed by atoms with van der Waals surface area (Å²) in [5, 5.41) is 5.16.